The third-order valence-electron chi connectivity index (χ3n) is 4.39. The molecule has 0 bridgehead atoms. The summed E-state index contributed by atoms with van der Waals surface area (Å²) >= 11 is 0. The summed E-state index contributed by atoms with van der Waals surface area (Å²) in [5.41, 5.74) is 0. The molecule has 3 N–H and O–H groups in total. The zero-order chi connectivity index (χ0) is 17.2. The van der Waals surface area contributed by atoms with E-state index in [0.717, 1.165) is 25.7 Å². The van der Waals surface area contributed by atoms with Crippen molar-refractivity contribution in [3.63, 3.8) is 0 Å². The van der Waals surface area contributed by atoms with Crippen molar-refractivity contribution in [1.29, 1.82) is 0 Å². The molecule has 1 unspecified atom stereocenters. The van der Waals surface area contributed by atoms with Crippen LogP contribution in [-0.4, -0.2) is 34.0 Å². The van der Waals surface area contributed by atoms with Gasteiger partial charge >= 0.3 is 5.97 Å². The number of unbranched alkanes of at least 4 members (excludes halogenated alkanes) is 13. The Balaban J connectivity index is 3.01. The molecule has 0 amide bonds. The Bertz CT molecular complexity index is 256. The van der Waals surface area contributed by atoms with E-state index >= 15 is 0 Å². The first kappa shape index (κ1) is 22.4. The van der Waals surface area contributed by atoms with Crippen LogP contribution in [0, 0.1) is 0 Å². The first-order chi connectivity index (χ1) is 11.2. The summed E-state index contributed by atoms with van der Waals surface area (Å²) in [6.45, 7) is -0.109. The number of aliphatic carboxylic acids is 1. The molecule has 4 nitrogen and oxygen atoms in total. The average molecular weight is 331 g/mol. The molecule has 1 atom stereocenters. The molecule has 0 spiro atoms. The van der Waals surface area contributed by atoms with Crippen molar-refractivity contribution < 1.29 is 20.1 Å². The van der Waals surface area contributed by atoms with E-state index in [0.29, 0.717) is 6.42 Å². The van der Waals surface area contributed by atoms with E-state index in [9.17, 15) is 9.90 Å². The molecule has 0 rings (SSSR count). The molecule has 0 radical (unpaired) electrons. The molecular formula is C19H38O4. The molecule has 0 aromatic carbocycles. The van der Waals surface area contributed by atoms with E-state index in [1.54, 1.807) is 0 Å². The lowest BCUT2D eigenvalue weighted by Gasteiger charge is -2.06. The number of aliphatic hydroxyl groups excluding tert-OH is 2. The smallest absolute Gasteiger partial charge is 0.303 e. The van der Waals surface area contributed by atoms with Crippen LogP contribution >= 0.6 is 0 Å². The maximum Gasteiger partial charge on any atom is 0.303 e. The molecule has 0 aliphatic rings. The van der Waals surface area contributed by atoms with Gasteiger partial charge in [-0.1, -0.05) is 83.5 Å². The Morgan fingerprint density at radius 2 is 1.00 bits per heavy atom. The van der Waals surface area contributed by atoms with Crippen molar-refractivity contribution in [2.24, 2.45) is 0 Å². The Morgan fingerprint density at radius 3 is 1.35 bits per heavy atom. The van der Waals surface area contributed by atoms with Gasteiger partial charge in [-0.2, -0.15) is 0 Å². The number of hydrogen-bond donors (Lipinski definition) is 3. The Morgan fingerprint density at radius 1 is 0.652 bits per heavy atom. The summed E-state index contributed by atoms with van der Waals surface area (Å²) in [6.07, 6.45) is 17.5. The van der Waals surface area contributed by atoms with Crippen molar-refractivity contribution in [2.75, 3.05) is 6.61 Å². The van der Waals surface area contributed by atoms with Crippen LogP contribution in [0.15, 0.2) is 0 Å². The summed E-state index contributed by atoms with van der Waals surface area (Å²) in [6, 6.07) is 0. The van der Waals surface area contributed by atoms with Gasteiger partial charge in [-0.3, -0.25) is 4.79 Å². The minimum Gasteiger partial charge on any atom is -0.481 e. The third kappa shape index (κ3) is 19.3. The van der Waals surface area contributed by atoms with Gasteiger partial charge in [-0.25, -0.2) is 0 Å². The van der Waals surface area contributed by atoms with Gasteiger partial charge in [0, 0.05) is 6.42 Å². The van der Waals surface area contributed by atoms with Gasteiger partial charge in [-0.15, -0.1) is 0 Å². The maximum absolute atomic E-state index is 10.4. The molecule has 0 aliphatic heterocycles. The van der Waals surface area contributed by atoms with E-state index in [2.05, 4.69) is 0 Å². The highest BCUT2D eigenvalue weighted by atomic mass is 16.4. The topological polar surface area (TPSA) is 77.8 Å². The average Bonchev–Trinajstić information content (AvgIpc) is 2.53. The molecule has 4 heteroatoms. The molecule has 0 aromatic heterocycles. The Labute approximate surface area is 142 Å². The van der Waals surface area contributed by atoms with Crippen LogP contribution in [-0.2, 0) is 4.79 Å². The molecule has 0 saturated carbocycles. The van der Waals surface area contributed by atoms with Crippen LogP contribution in [0.25, 0.3) is 0 Å². The standard InChI is InChI=1S/C19H38O4/c20-17-18(21)15-13-11-9-7-5-3-1-2-4-6-8-10-12-14-16-19(22)23/h18,20-21H,1-17H2,(H,22,23). The number of carboxylic acids is 1. The van der Waals surface area contributed by atoms with Crippen LogP contribution in [0.3, 0.4) is 0 Å². The fourth-order valence-corrected chi connectivity index (χ4v) is 2.87. The van der Waals surface area contributed by atoms with Gasteiger partial charge in [-0.05, 0) is 12.8 Å². The molecule has 0 heterocycles. The highest BCUT2D eigenvalue weighted by Gasteiger charge is 2.00. The maximum atomic E-state index is 10.4. The zero-order valence-corrected chi connectivity index (χ0v) is 14.8. The molecule has 0 aromatic rings. The zero-order valence-electron chi connectivity index (χ0n) is 14.8. The van der Waals surface area contributed by atoms with E-state index in [1.807, 2.05) is 0 Å². The number of hydrogen-bond acceptors (Lipinski definition) is 3. The quantitative estimate of drug-likeness (QED) is 0.319. The van der Waals surface area contributed by atoms with Gasteiger partial charge < -0.3 is 15.3 Å². The molecular weight excluding hydrogens is 292 g/mol. The fourth-order valence-electron chi connectivity index (χ4n) is 2.87. The van der Waals surface area contributed by atoms with Crippen molar-refractivity contribution in [1.82, 2.24) is 0 Å². The summed E-state index contributed by atoms with van der Waals surface area (Å²) in [5, 5.41) is 26.4. The molecule has 0 saturated heterocycles. The molecule has 0 fully saturated rings. The normalized spacial score (nSPS) is 12.4. The van der Waals surface area contributed by atoms with E-state index in [1.165, 1.54) is 70.6 Å². The Kier molecular flexibility index (Phi) is 17.3. The second-order valence-corrected chi connectivity index (χ2v) is 6.72. The minimum absolute atomic E-state index is 0.109. The monoisotopic (exact) mass is 330 g/mol. The van der Waals surface area contributed by atoms with Gasteiger partial charge in [0.25, 0.3) is 0 Å². The summed E-state index contributed by atoms with van der Waals surface area (Å²) in [4.78, 5) is 10.4. The molecule has 138 valence electrons. The van der Waals surface area contributed by atoms with Crippen LogP contribution in [0.2, 0.25) is 0 Å². The largest absolute Gasteiger partial charge is 0.481 e. The lowest BCUT2D eigenvalue weighted by atomic mass is 10.0. The number of aliphatic hydroxyl groups is 2. The highest BCUT2D eigenvalue weighted by Crippen LogP contribution is 2.14. The van der Waals surface area contributed by atoms with Crippen molar-refractivity contribution in [3.05, 3.63) is 0 Å². The van der Waals surface area contributed by atoms with Crippen LogP contribution in [0.5, 0.6) is 0 Å². The second-order valence-electron chi connectivity index (χ2n) is 6.72. The summed E-state index contributed by atoms with van der Waals surface area (Å²) in [7, 11) is 0. The number of rotatable bonds is 18. The van der Waals surface area contributed by atoms with Gasteiger partial charge in [0.05, 0.1) is 12.7 Å². The fraction of sp³-hybridized carbons (Fsp3) is 0.947. The van der Waals surface area contributed by atoms with Gasteiger partial charge in [0.2, 0.25) is 0 Å². The second kappa shape index (κ2) is 17.7. The first-order valence-electron chi connectivity index (χ1n) is 9.67. The molecule has 0 aliphatic carbocycles. The van der Waals surface area contributed by atoms with Crippen molar-refractivity contribution >= 4 is 5.97 Å². The van der Waals surface area contributed by atoms with E-state index in [4.69, 9.17) is 10.2 Å². The van der Waals surface area contributed by atoms with Crippen LogP contribution in [0.1, 0.15) is 103 Å². The predicted molar refractivity (Wildman–Crippen MR) is 94.6 cm³/mol. The Hall–Kier alpha value is -0.610. The van der Waals surface area contributed by atoms with Gasteiger partial charge in [0.15, 0.2) is 0 Å². The van der Waals surface area contributed by atoms with Crippen LogP contribution < -0.4 is 0 Å². The SMILES string of the molecule is O=C(O)CCCCCCCCCCCCCCCCC(O)CO. The lowest BCUT2D eigenvalue weighted by molar-refractivity contribution is -0.137. The molecule has 23 heavy (non-hydrogen) atoms. The summed E-state index contributed by atoms with van der Waals surface area (Å²) < 4.78 is 0. The van der Waals surface area contributed by atoms with Crippen LogP contribution in [0.4, 0.5) is 0 Å². The van der Waals surface area contributed by atoms with Gasteiger partial charge in [0.1, 0.15) is 0 Å². The first-order valence-corrected chi connectivity index (χ1v) is 9.67. The minimum atomic E-state index is -0.673. The van der Waals surface area contributed by atoms with E-state index in [-0.39, 0.29) is 6.61 Å². The number of carboxylic acid groups (broad SMARTS) is 1. The highest BCUT2D eigenvalue weighted by molar-refractivity contribution is 5.66. The third-order valence-corrected chi connectivity index (χ3v) is 4.39. The number of carbonyl (C=O) groups is 1. The summed E-state index contributed by atoms with van der Waals surface area (Å²) in [5.74, 6) is -0.673. The van der Waals surface area contributed by atoms with E-state index < -0.39 is 12.1 Å². The predicted octanol–water partition coefficient (Wildman–Crippen LogP) is 4.67. The van der Waals surface area contributed by atoms with Crippen molar-refractivity contribution in [3.8, 4) is 0 Å². The van der Waals surface area contributed by atoms with Crippen molar-refractivity contribution in [2.45, 2.75) is 109 Å². The lowest BCUT2D eigenvalue weighted by Crippen LogP contribution is -2.10.